The maximum absolute atomic E-state index is 12.0. The number of amides is 1. The lowest BCUT2D eigenvalue weighted by Gasteiger charge is -2.11. The van der Waals surface area contributed by atoms with Crippen molar-refractivity contribution in [3.05, 3.63) is 49.9 Å². The molecule has 0 aliphatic carbocycles. The number of nitrogens with zero attached hydrogens (tertiary/aromatic N) is 2. The van der Waals surface area contributed by atoms with E-state index in [1.165, 1.54) is 4.88 Å². The van der Waals surface area contributed by atoms with E-state index in [0.717, 1.165) is 15.2 Å². The van der Waals surface area contributed by atoms with Gasteiger partial charge in [0.15, 0.2) is 5.96 Å². The first-order valence-corrected chi connectivity index (χ1v) is 9.51. The second kappa shape index (κ2) is 11.5. The number of carbonyl (C=O) groups is 1. The van der Waals surface area contributed by atoms with Crippen molar-refractivity contribution < 1.29 is 4.79 Å². The van der Waals surface area contributed by atoms with Gasteiger partial charge < -0.3 is 16.0 Å². The van der Waals surface area contributed by atoms with Gasteiger partial charge in [-0.3, -0.25) is 9.79 Å². The molecule has 0 atom stereocenters. The number of thiazole rings is 1. The molecule has 0 aliphatic rings. The minimum atomic E-state index is -0.0974. The van der Waals surface area contributed by atoms with Gasteiger partial charge in [0.25, 0.3) is 5.91 Å². The molecule has 1 heterocycles. The molecule has 0 spiro atoms. The standard InChI is InChI=1S/C17H22BrN5OS.HI/c1-11-12(2)25-15(23-11)10-22-17(19-3)21-8-7-20-16(24)13-5-4-6-14(18)9-13;/h4-6,9H,7-8,10H2,1-3H3,(H,20,24)(H2,19,21,22);1H. The molecule has 0 radical (unpaired) electrons. The summed E-state index contributed by atoms with van der Waals surface area (Å²) in [5.41, 5.74) is 1.70. The molecule has 2 aromatic rings. The van der Waals surface area contributed by atoms with Crippen LogP contribution in [-0.2, 0) is 6.54 Å². The summed E-state index contributed by atoms with van der Waals surface area (Å²) in [6.07, 6.45) is 0. The molecule has 6 nitrogen and oxygen atoms in total. The van der Waals surface area contributed by atoms with Crippen LogP contribution in [0.5, 0.6) is 0 Å². The Labute approximate surface area is 183 Å². The van der Waals surface area contributed by atoms with Crippen LogP contribution in [0.4, 0.5) is 0 Å². The van der Waals surface area contributed by atoms with Gasteiger partial charge in [-0.2, -0.15) is 0 Å². The number of aliphatic imine (C=N–C) groups is 1. The number of hydrogen-bond donors (Lipinski definition) is 3. The average molecular weight is 552 g/mol. The molecule has 0 unspecified atom stereocenters. The summed E-state index contributed by atoms with van der Waals surface area (Å²) in [4.78, 5) is 21.9. The summed E-state index contributed by atoms with van der Waals surface area (Å²) in [7, 11) is 1.72. The van der Waals surface area contributed by atoms with Crippen molar-refractivity contribution in [2.75, 3.05) is 20.1 Å². The molecule has 26 heavy (non-hydrogen) atoms. The number of hydrogen-bond acceptors (Lipinski definition) is 4. The first kappa shape index (κ1) is 22.8. The summed E-state index contributed by atoms with van der Waals surface area (Å²) in [6.45, 7) is 5.79. The van der Waals surface area contributed by atoms with Gasteiger partial charge in [-0.1, -0.05) is 22.0 Å². The highest BCUT2D eigenvalue weighted by atomic mass is 127. The Kier molecular flexibility index (Phi) is 10.1. The highest BCUT2D eigenvalue weighted by molar-refractivity contribution is 14.0. The Morgan fingerprint density at radius 2 is 1.96 bits per heavy atom. The third-order valence-electron chi connectivity index (χ3n) is 3.49. The SMILES string of the molecule is CN=C(NCCNC(=O)c1cccc(Br)c1)NCc1nc(C)c(C)s1.I. The highest BCUT2D eigenvalue weighted by Crippen LogP contribution is 2.15. The fourth-order valence-corrected chi connectivity index (χ4v) is 3.36. The molecule has 0 saturated heterocycles. The number of aryl methyl sites for hydroxylation is 2. The lowest BCUT2D eigenvalue weighted by Crippen LogP contribution is -2.41. The zero-order valence-corrected chi connectivity index (χ0v) is 19.7. The number of benzene rings is 1. The fourth-order valence-electron chi connectivity index (χ4n) is 2.08. The monoisotopic (exact) mass is 551 g/mol. The fraction of sp³-hybridized carbons (Fsp3) is 0.353. The molecule has 2 rings (SSSR count). The Bertz CT molecular complexity index is 746. The Balaban J connectivity index is 0.00000338. The van der Waals surface area contributed by atoms with E-state index in [1.807, 2.05) is 19.1 Å². The van der Waals surface area contributed by atoms with E-state index in [9.17, 15) is 4.79 Å². The molecule has 0 saturated carbocycles. The van der Waals surface area contributed by atoms with Crippen LogP contribution in [0, 0.1) is 13.8 Å². The molecular formula is C17H23BrIN5OS. The van der Waals surface area contributed by atoms with E-state index in [2.05, 4.69) is 48.8 Å². The highest BCUT2D eigenvalue weighted by Gasteiger charge is 2.06. The molecule has 142 valence electrons. The van der Waals surface area contributed by atoms with Gasteiger partial charge >= 0.3 is 0 Å². The van der Waals surface area contributed by atoms with E-state index < -0.39 is 0 Å². The number of nitrogens with one attached hydrogen (secondary N) is 3. The van der Waals surface area contributed by atoms with Crippen molar-refractivity contribution in [1.29, 1.82) is 0 Å². The van der Waals surface area contributed by atoms with Crippen molar-refractivity contribution in [2.24, 2.45) is 4.99 Å². The van der Waals surface area contributed by atoms with Gasteiger partial charge in [0, 0.05) is 35.1 Å². The van der Waals surface area contributed by atoms with Gasteiger partial charge in [-0.05, 0) is 32.0 Å². The second-order valence-corrected chi connectivity index (χ2v) is 7.57. The van der Waals surface area contributed by atoms with E-state index in [4.69, 9.17) is 0 Å². The number of rotatable bonds is 6. The maximum Gasteiger partial charge on any atom is 0.251 e. The largest absolute Gasteiger partial charge is 0.355 e. The van der Waals surface area contributed by atoms with Crippen molar-refractivity contribution in [3.8, 4) is 0 Å². The van der Waals surface area contributed by atoms with E-state index in [0.29, 0.717) is 31.2 Å². The van der Waals surface area contributed by atoms with Gasteiger partial charge in [0.05, 0.1) is 12.2 Å². The first-order chi connectivity index (χ1) is 12.0. The lowest BCUT2D eigenvalue weighted by molar-refractivity contribution is 0.0954. The van der Waals surface area contributed by atoms with E-state index >= 15 is 0 Å². The van der Waals surface area contributed by atoms with Crippen molar-refractivity contribution in [2.45, 2.75) is 20.4 Å². The topological polar surface area (TPSA) is 78.4 Å². The predicted octanol–water partition coefficient (Wildman–Crippen LogP) is 3.24. The Morgan fingerprint density at radius 3 is 2.58 bits per heavy atom. The lowest BCUT2D eigenvalue weighted by atomic mass is 10.2. The van der Waals surface area contributed by atoms with Gasteiger partial charge in [0.1, 0.15) is 5.01 Å². The third kappa shape index (κ3) is 7.20. The van der Waals surface area contributed by atoms with Crippen LogP contribution in [0.2, 0.25) is 0 Å². The number of carbonyl (C=O) groups excluding carboxylic acids is 1. The van der Waals surface area contributed by atoms with Crippen molar-refractivity contribution in [1.82, 2.24) is 20.9 Å². The summed E-state index contributed by atoms with van der Waals surface area (Å²) >= 11 is 5.04. The number of aromatic nitrogens is 1. The molecule has 0 bridgehead atoms. The van der Waals surface area contributed by atoms with Crippen LogP contribution in [0.15, 0.2) is 33.7 Å². The molecular weight excluding hydrogens is 529 g/mol. The number of guanidine groups is 1. The van der Waals surface area contributed by atoms with Crippen LogP contribution < -0.4 is 16.0 Å². The Morgan fingerprint density at radius 1 is 1.23 bits per heavy atom. The quantitative estimate of drug-likeness (QED) is 0.223. The van der Waals surface area contributed by atoms with Crippen LogP contribution in [0.1, 0.15) is 25.9 Å². The van der Waals surface area contributed by atoms with Gasteiger partial charge in [0.2, 0.25) is 0 Å². The molecule has 0 aliphatic heterocycles. The molecule has 9 heteroatoms. The van der Waals surface area contributed by atoms with Crippen LogP contribution in [0.25, 0.3) is 0 Å². The molecule has 3 N–H and O–H groups in total. The molecule has 0 fully saturated rings. The van der Waals surface area contributed by atoms with E-state index in [-0.39, 0.29) is 29.9 Å². The summed E-state index contributed by atoms with van der Waals surface area (Å²) < 4.78 is 0.885. The first-order valence-electron chi connectivity index (χ1n) is 7.90. The van der Waals surface area contributed by atoms with Gasteiger partial charge in [-0.25, -0.2) is 4.98 Å². The summed E-state index contributed by atoms with van der Waals surface area (Å²) in [5.74, 6) is 0.585. The van der Waals surface area contributed by atoms with Crippen LogP contribution in [0.3, 0.4) is 0 Å². The van der Waals surface area contributed by atoms with Crippen LogP contribution in [-0.4, -0.2) is 37.0 Å². The maximum atomic E-state index is 12.0. The smallest absolute Gasteiger partial charge is 0.251 e. The molecule has 1 amide bonds. The van der Waals surface area contributed by atoms with Gasteiger partial charge in [-0.15, -0.1) is 35.3 Å². The minimum Gasteiger partial charge on any atom is -0.355 e. The molecule has 1 aromatic carbocycles. The third-order valence-corrected chi connectivity index (χ3v) is 5.06. The second-order valence-electron chi connectivity index (χ2n) is 5.37. The van der Waals surface area contributed by atoms with Crippen molar-refractivity contribution >= 4 is 63.1 Å². The van der Waals surface area contributed by atoms with Crippen molar-refractivity contribution in [3.63, 3.8) is 0 Å². The molecule has 1 aromatic heterocycles. The van der Waals surface area contributed by atoms with E-state index in [1.54, 1.807) is 30.5 Å². The Hall–Kier alpha value is -1.20. The zero-order chi connectivity index (χ0) is 18.2. The predicted molar refractivity (Wildman–Crippen MR) is 122 cm³/mol. The summed E-state index contributed by atoms with van der Waals surface area (Å²) in [5, 5.41) is 10.3. The minimum absolute atomic E-state index is 0. The number of halogens is 2. The normalized spacial score (nSPS) is 10.8. The average Bonchev–Trinajstić information content (AvgIpc) is 2.92. The summed E-state index contributed by atoms with van der Waals surface area (Å²) in [6, 6.07) is 7.30. The van der Waals surface area contributed by atoms with Crippen LogP contribution >= 0.6 is 51.2 Å². The zero-order valence-electron chi connectivity index (χ0n) is 14.9.